The van der Waals surface area contributed by atoms with Gasteiger partial charge in [-0.2, -0.15) is 0 Å². The zero-order chi connectivity index (χ0) is 41.3. The summed E-state index contributed by atoms with van der Waals surface area (Å²) in [6.45, 7) is 0. The molecule has 3 aliphatic carbocycles. The zero-order valence-corrected chi connectivity index (χ0v) is 34.5. The van der Waals surface area contributed by atoms with Gasteiger partial charge in [0, 0.05) is 16.5 Å². The molecule has 2 spiro atoms. The number of para-hydroxylation sites is 2. The lowest BCUT2D eigenvalue weighted by molar-refractivity contribution is 0.633. The Bertz CT molecular complexity index is 3600. The number of rotatable bonds is 3. The third-order valence-electron chi connectivity index (χ3n) is 14.7. The van der Waals surface area contributed by atoms with Crippen LogP contribution < -0.4 is 0 Å². The fourth-order valence-electron chi connectivity index (χ4n) is 12.3. The van der Waals surface area contributed by atoms with Crippen LogP contribution in [-0.2, 0) is 10.8 Å². The number of benzene rings is 10. The molecular formula is C62H39N. The molecule has 0 unspecified atom stereocenters. The normalized spacial score (nSPS) is 14.3. The summed E-state index contributed by atoms with van der Waals surface area (Å²) in [4.78, 5) is 0. The Labute approximate surface area is 366 Å². The molecule has 0 saturated carbocycles. The maximum atomic E-state index is 2.47. The average molecular weight is 798 g/mol. The molecule has 0 amide bonds. The predicted octanol–water partition coefficient (Wildman–Crippen LogP) is 15.2. The van der Waals surface area contributed by atoms with Crippen LogP contribution in [0.2, 0.25) is 0 Å². The average Bonchev–Trinajstić information content (AvgIpc) is 3.96. The molecule has 0 aliphatic heterocycles. The van der Waals surface area contributed by atoms with E-state index in [0.717, 1.165) is 0 Å². The molecular weight excluding hydrogens is 759 g/mol. The van der Waals surface area contributed by atoms with E-state index in [1.165, 1.54) is 117 Å². The molecule has 0 N–H and O–H groups in total. The Balaban J connectivity index is 0.954. The van der Waals surface area contributed by atoms with Gasteiger partial charge in [-0.05, 0) is 131 Å². The smallest absolute Gasteiger partial charge is 0.0720 e. The summed E-state index contributed by atoms with van der Waals surface area (Å²) in [6, 6.07) is 88.9. The van der Waals surface area contributed by atoms with Crippen LogP contribution in [0.25, 0.3) is 72.0 Å². The second kappa shape index (κ2) is 12.8. The summed E-state index contributed by atoms with van der Waals surface area (Å²) in [5.74, 6) is 0. The second-order valence-corrected chi connectivity index (χ2v) is 17.5. The first-order valence-electron chi connectivity index (χ1n) is 22.1. The van der Waals surface area contributed by atoms with Gasteiger partial charge in [0.2, 0.25) is 0 Å². The minimum Gasteiger partial charge on any atom is -0.309 e. The second-order valence-electron chi connectivity index (χ2n) is 17.5. The number of nitrogens with zero attached hydrogens (tertiary/aromatic N) is 1. The fraction of sp³-hybridized carbons (Fsp3) is 0.0323. The molecule has 292 valence electrons. The molecule has 0 bridgehead atoms. The Morgan fingerprint density at radius 3 is 1.24 bits per heavy atom. The molecule has 0 radical (unpaired) electrons. The number of hydrogen-bond acceptors (Lipinski definition) is 0. The number of hydrogen-bond donors (Lipinski definition) is 0. The van der Waals surface area contributed by atoms with Crippen LogP contribution in [0.3, 0.4) is 0 Å². The van der Waals surface area contributed by atoms with E-state index in [1.54, 1.807) is 0 Å². The lowest BCUT2D eigenvalue weighted by Gasteiger charge is -2.48. The van der Waals surface area contributed by atoms with Crippen molar-refractivity contribution in [3.05, 3.63) is 281 Å². The molecule has 0 fully saturated rings. The first-order chi connectivity index (χ1) is 31.3. The quantitative estimate of drug-likeness (QED) is 0.168. The zero-order valence-electron chi connectivity index (χ0n) is 34.5. The predicted molar refractivity (Wildman–Crippen MR) is 260 cm³/mol. The molecule has 0 saturated heterocycles. The van der Waals surface area contributed by atoms with Crippen molar-refractivity contribution in [1.29, 1.82) is 0 Å². The van der Waals surface area contributed by atoms with Crippen LogP contribution in [0.4, 0.5) is 0 Å². The molecule has 14 rings (SSSR count). The summed E-state index contributed by atoms with van der Waals surface area (Å²) in [5, 5.41) is 2.52. The van der Waals surface area contributed by atoms with Gasteiger partial charge in [0.1, 0.15) is 0 Å². The van der Waals surface area contributed by atoms with Crippen molar-refractivity contribution in [3.63, 3.8) is 0 Å². The molecule has 3 aliphatic rings. The van der Waals surface area contributed by atoms with Crippen LogP contribution in [0, 0.1) is 0 Å². The van der Waals surface area contributed by atoms with Crippen LogP contribution in [0.1, 0.15) is 44.5 Å². The minimum absolute atomic E-state index is 0.441. The number of fused-ring (bicyclic) bond motifs is 19. The van der Waals surface area contributed by atoms with Crippen molar-refractivity contribution in [3.8, 4) is 50.2 Å². The summed E-state index contributed by atoms with van der Waals surface area (Å²) in [6.07, 6.45) is 0. The van der Waals surface area contributed by atoms with Crippen LogP contribution in [-0.4, -0.2) is 4.57 Å². The van der Waals surface area contributed by atoms with E-state index in [-0.39, 0.29) is 0 Å². The van der Waals surface area contributed by atoms with Crippen molar-refractivity contribution >= 4 is 21.8 Å². The van der Waals surface area contributed by atoms with E-state index in [9.17, 15) is 0 Å². The molecule has 11 aromatic rings. The lowest BCUT2D eigenvalue weighted by atomic mass is 9.52. The third kappa shape index (κ3) is 4.41. The maximum absolute atomic E-state index is 2.47. The highest BCUT2D eigenvalue weighted by atomic mass is 15.0. The Morgan fingerprint density at radius 1 is 0.238 bits per heavy atom. The van der Waals surface area contributed by atoms with Gasteiger partial charge in [-0.1, -0.05) is 194 Å². The SMILES string of the molecule is c1ccc(-n2c3ccccc3c3cc(-c4cccc(-c5ccc6c(c5)-c5ccccc5C65c6ccccc6C6(c7ccccc7-c7ccccc76)c6ccccc65)c4)ccc32)cc1. The topological polar surface area (TPSA) is 4.93 Å². The van der Waals surface area contributed by atoms with Gasteiger partial charge < -0.3 is 4.57 Å². The molecule has 1 heteroatoms. The highest BCUT2D eigenvalue weighted by Crippen LogP contribution is 2.67. The van der Waals surface area contributed by atoms with Crippen LogP contribution >= 0.6 is 0 Å². The minimum atomic E-state index is -0.494. The standard InChI is InChI=1S/C62H39N/c1-2-19-44(20-3-1)63-59-32-15-7-24-48(59)50-39-43(34-36-60(50)63)41-18-16-17-40(37-41)42-33-35-54-49(38-42)47-23-6-10-27-53(47)62(54)57-30-13-11-28-55(57)61(56-29-12-14-31-58(56)62)51-25-8-4-21-45(51)46-22-5-9-26-52(46)61/h1-39H. The summed E-state index contributed by atoms with van der Waals surface area (Å²) >= 11 is 0. The van der Waals surface area contributed by atoms with E-state index in [2.05, 4.69) is 241 Å². The van der Waals surface area contributed by atoms with Gasteiger partial charge in [-0.15, -0.1) is 0 Å². The molecule has 1 heterocycles. The lowest BCUT2D eigenvalue weighted by Crippen LogP contribution is -2.43. The largest absolute Gasteiger partial charge is 0.309 e. The third-order valence-corrected chi connectivity index (χ3v) is 14.7. The maximum Gasteiger partial charge on any atom is 0.0720 e. The van der Waals surface area contributed by atoms with Gasteiger partial charge >= 0.3 is 0 Å². The van der Waals surface area contributed by atoms with E-state index in [4.69, 9.17) is 0 Å². The van der Waals surface area contributed by atoms with E-state index in [1.807, 2.05) is 0 Å². The van der Waals surface area contributed by atoms with Gasteiger partial charge in [0.05, 0.1) is 21.9 Å². The molecule has 1 nitrogen and oxygen atoms in total. The van der Waals surface area contributed by atoms with Crippen molar-refractivity contribution in [2.45, 2.75) is 10.8 Å². The Hall–Kier alpha value is -8.00. The van der Waals surface area contributed by atoms with Crippen molar-refractivity contribution in [1.82, 2.24) is 4.57 Å². The highest BCUT2D eigenvalue weighted by Gasteiger charge is 2.58. The fourth-order valence-corrected chi connectivity index (χ4v) is 12.3. The molecule has 0 atom stereocenters. The van der Waals surface area contributed by atoms with Gasteiger partial charge in [-0.3, -0.25) is 0 Å². The summed E-state index contributed by atoms with van der Waals surface area (Å²) in [5.41, 5.74) is 23.7. The monoisotopic (exact) mass is 797 g/mol. The van der Waals surface area contributed by atoms with E-state index < -0.39 is 10.8 Å². The van der Waals surface area contributed by atoms with Crippen molar-refractivity contribution in [2.24, 2.45) is 0 Å². The van der Waals surface area contributed by atoms with Crippen LogP contribution in [0.5, 0.6) is 0 Å². The molecule has 63 heavy (non-hydrogen) atoms. The van der Waals surface area contributed by atoms with Crippen LogP contribution in [0.15, 0.2) is 237 Å². The van der Waals surface area contributed by atoms with Gasteiger partial charge in [-0.25, -0.2) is 0 Å². The Kier molecular flexibility index (Phi) is 7.03. The molecule has 10 aromatic carbocycles. The van der Waals surface area contributed by atoms with Crippen molar-refractivity contribution < 1.29 is 0 Å². The van der Waals surface area contributed by atoms with E-state index in [0.29, 0.717) is 0 Å². The summed E-state index contributed by atoms with van der Waals surface area (Å²) < 4.78 is 2.38. The van der Waals surface area contributed by atoms with Gasteiger partial charge in [0.15, 0.2) is 0 Å². The van der Waals surface area contributed by atoms with Gasteiger partial charge in [0.25, 0.3) is 0 Å². The highest BCUT2D eigenvalue weighted by molar-refractivity contribution is 6.10. The number of aromatic nitrogens is 1. The van der Waals surface area contributed by atoms with E-state index >= 15 is 0 Å². The summed E-state index contributed by atoms with van der Waals surface area (Å²) in [7, 11) is 0. The molecule has 1 aromatic heterocycles. The Morgan fingerprint density at radius 2 is 0.651 bits per heavy atom. The first kappa shape index (κ1) is 34.7. The first-order valence-corrected chi connectivity index (χ1v) is 22.1. The van der Waals surface area contributed by atoms with Crippen molar-refractivity contribution in [2.75, 3.05) is 0 Å².